The van der Waals surface area contributed by atoms with Gasteiger partial charge in [0, 0.05) is 37.8 Å². The highest BCUT2D eigenvalue weighted by Gasteiger charge is 2.33. The first-order valence-corrected chi connectivity index (χ1v) is 8.07. The lowest BCUT2D eigenvalue weighted by Gasteiger charge is -2.35. The molecule has 0 spiro atoms. The van der Waals surface area contributed by atoms with E-state index >= 15 is 0 Å². The molecule has 2 aliphatic rings. The fraction of sp³-hybridized carbons (Fsp3) is 0.625. The lowest BCUT2D eigenvalue weighted by atomic mass is 10.0. The Balaban J connectivity index is 2.08. The topological polar surface area (TPSA) is 61.7 Å². The van der Waals surface area contributed by atoms with Gasteiger partial charge in [-0.15, -0.1) is 0 Å². The molecule has 0 radical (unpaired) electrons. The molecule has 1 aromatic carbocycles. The molecule has 0 atom stereocenters. The van der Waals surface area contributed by atoms with Crippen LogP contribution in [0.1, 0.15) is 24.0 Å². The van der Waals surface area contributed by atoms with Crippen LogP contribution in [0.2, 0.25) is 0 Å². The average molecular weight is 322 g/mol. The Kier molecular flexibility index (Phi) is 4.14. The summed E-state index contributed by atoms with van der Waals surface area (Å²) in [6.45, 7) is 6.47. The zero-order valence-electron chi connectivity index (χ0n) is 13.9. The predicted molar refractivity (Wildman–Crippen MR) is 88.9 cm³/mol. The highest BCUT2D eigenvalue weighted by atomic mass is 19.1. The maximum Gasteiger partial charge on any atom is 0.298 e. The fourth-order valence-corrected chi connectivity index (χ4v) is 3.17. The van der Waals surface area contributed by atoms with Crippen LogP contribution >= 0.6 is 0 Å². The van der Waals surface area contributed by atoms with E-state index in [9.17, 15) is 14.5 Å². The Morgan fingerprint density at radius 2 is 1.78 bits per heavy atom. The molecule has 126 valence electrons. The Labute approximate surface area is 135 Å². The molecule has 1 aliphatic heterocycles. The van der Waals surface area contributed by atoms with E-state index in [2.05, 4.69) is 10.2 Å². The summed E-state index contributed by atoms with van der Waals surface area (Å²) in [5, 5.41) is 14.7. The number of likely N-dealkylation sites (N-methyl/N-ethyl adjacent to an activating group) is 1. The SMILES string of the molecule is Cc1c(NC2CC2)c([N+](=O)[O-])c(C)c(F)c1N1CCN(C)CC1. The standard InChI is InChI=1S/C16H23FN4O2/c1-10-13(17)15(20-8-6-19(3)7-9-20)11(2)14(16(10)21(22)23)18-12-4-5-12/h12,18H,4-9H2,1-3H3. The molecular weight excluding hydrogens is 299 g/mol. The van der Waals surface area contributed by atoms with E-state index in [1.165, 1.54) is 6.92 Å². The third-order valence-electron chi connectivity index (χ3n) is 4.79. The lowest BCUT2D eigenvalue weighted by Crippen LogP contribution is -2.45. The molecule has 3 rings (SSSR count). The summed E-state index contributed by atoms with van der Waals surface area (Å²) < 4.78 is 14.9. The summed E-state index contributed by atoms with van der Waals surface area (Å²) in [7, 11) is 2.04. The van der Waals surface area contributed by atoms with Crippen molar-refractivity contribution in [3.05, 3.63) is 27.1 Å². The number of benzene rings is 1. The van der Waals surface area contributed by atoms with Crippen LogP contribution in [0.5, 0.6) is 0 Å². The van der Waals surface area contributed by atoms with E-state index in [-0.39, 0.29) is 17.3 Å². The highest BCUT2D eigenvalue weighted by molar-refractivity contribution is 5.79. The number of piperazine rings is 1. The second-order valence-electron chi connectivity index (χ2n) is 6.60. The van der Waals surface area contributed by atoms with Gasteiger partial charge in [0.2, 0.25) is 0 Å². The monoisotopic (exact) mass is 322 g/mol. The zero-order valence-corrected chi connectivity index (χ0v) is 13.9. The summed E-state index contributed by atoms with van der Waals surface area (Å²) in [6.07, 6.45) is 2.02. The van der Waals surface area contributed by atoms with Gasteiger partial charge in [-0.3, -0.25) is 10.1 Å². The van der Waals surface area contributed by atoms with Crippen LogP contribution in [0.3, 0.4) is 0 Å². The van der Waals surface area contributed by atoms with Gasteiger partial charge in [0.1, 0.15) is 5.69 Å². The summed E-state index contributed by atoms with van der Waals surface area (Å²) in [4.78, 5) is 15.2. The first-order chi connectivity index (χ1) is 10.9. The van der Waals surface area contributed by atoms with Crippen LogP contribution in [0.4, 0.5) is 21.5 Å². The molecule has 0 bridgehead atoms. The van der Waals surface area contributed by atoms with Gasteiger partial charge in [-0.25, -0.2) is 4.39 Å². The van der Waals surface area contributed by atoms with Crippen molar-refractivity contribution in [3.63, 3.8) is 0 Å². The largest absolute Gasteiger partial charge is 0.376 e. The summed E-state index contributed by atoms with van der Waals surface area (Å²) in [6, 6.07) is 0.276. The Hall–Kier alpha value is -1.89. The number of hydrogen-bond acceptors (Lipinski definition) is 5. The number of nitro benzene ring substituents is 1. The molecule has 23 heavy (non-hydrogen) atoms. The normalized spacial score (nSPS) is 19.0. The summed E-state index contributed by atoms with van der Waals surface area (Å²) in [5.41, 5.74) is 1.66. The smallest absolute Gasteiger partial charge is 0.298 e. The number of rotatable bonds is 4. The molecule has 1 aromatic rings. The lowest BCUT2D eigenvalue weighted by molar-refractivity contribution is -0.384. The van der Waals surface area contributed by atoms with Crippen molar-refractivity contribution < 1.29 is 9.31 Å². The molecule has 0 unspecified atom stereocenters. The molecule has 6 nitrogen and oxygen atoms in total. The number of hydrogen-bond donors (Lipinski definition) is 1. The molecular formula is C16H23FN4O2. The molecule has 1 saturated heterocycles. The minimum atomic E-state index is -0.468. The van der Waals surface area contributed by atoms with Crippen LogP contribution in [0, 0.1) is 29.8 Å². The van der Waals surface area contributed by atoms with Gasteiger partial charge < -0.3 is 15.1 Å². The van der Waals surface area contributed by atoms with Crippen molar-refractivity contribution in [2.24, 2.45) is 0 Å². The Morgan fingerprint density at radius 1 is 1.17 bits per heavy atom. The van der Waals surface area contributed by atoms with Crippen molar-refractivity contribution in [1.82, 2.24) is 4.90 Å². The number of anilines is 2. The molecule has 1 heterocycles. The van der Waals surface area contributed by atoms with Gasteiger partial charge in [-0.1, -0.05) is 0 Å². The van der Waals surface area contributed by atoms with E-state index in [0.717, 1.165) is 39.0 Å². The Bertz CT molecular complexity index is 638. The highest BCUT2D eigenvalue weighted by Crippen LogP contribution is 2.43. The minimum absolute atomic E-state index is 0.121. The molecule has 0 aromatic heterocycles. The zero-order chi connectivity index (χ0) is 16.7. The maximum atomic E-state index is 14.9. The van der Waals surface area contributed by atoms with Crippen LogP contribution < -0.4 is 10.2 Å². The maximum absolute atomic E-state index is 14.9. The van der Waals surface area contributed by atoms with Crippen LogP contribution in [-0.4, -0.2) is 49.1 Å². The number of halogens is 1. The van der Waals surface area contributed by atoms with Gasteiger partial charge in [-0.2, -0.15) is 0 Å². The molecule has 1 N–H and O–H groups in total. The Morgan fingerprint density at radius 3 is 2.30 bits per heavy atom. The molecule has 1 aliphatic carbocycles. The third kappa shape index (κ3) is 2.97. The van der Waals surface area contributed by atoms with Crippen molar-refractivity contribution in [3.8, 4) is 0 Å². The second-order valence-corrected chi connectivity index (χ2v) is 6.60. The molecule has 7 heteroatoms. The average Bonchev–Trinajstić information content (AvgIpc) is 3.30. The number of nitrogens with one attached hydrogen (secondary N) is 1. The van der Waals surface area contributed by atoms with E-state index in [1.54, 1.807) is 6.92 Å². The summed E-state index contributed by atoms with van der Waals surface area (Å²) >= 11 is 0. The minimum Gasteiger partial charge on any atom is -0.376 e. The van der Waals surface area contributed by atoms with Crippen molar-refractivity contribution in [1.29, 1.82) is 0 Å². The van der Waals surface area contributed by atoms with E-state index in [4.69, 9.17) is 0 Å². The fourth-order valence-electron chi connectivity index (χ4n) is 3.17. The van der Waals surface area contributed by atoms with Gasteiger partial charge >= 0.3 is 0 Å². The second kappa shape index (κ2) is 5.96. The number of nitrogens with zero attached hydrogens (tertiary/aromatic N) is 3. The van der Waals surface area contributed by atoms with E-state index in [0.29, 0.717) is 16.9 Å². The van der Waals surface area contributed by atoms with Crippen LogP contribution in [-0.2, 0) is 0 Å². The molecule has 1 saturated carbocycles. The first-order valence-electron chi connectivity index (χ1n) is 8.07. The quantitative estimate of drug-likeness (QED) is 0.682. The van der Waals surface area contributed by atoms with Crippen LogP contribution in [0.25, 0.3) is 0 Å². The predicted octanol–water partition coefficient (Wildman–Crippen LogP) is 2.68. The van der Waals surface area contributed by atoms with Crippen molar-refractivity contribution in [2.45, 2.75) is 32.7 Å². The third-order valence-corrected chi connectivity index (χ3v) is 4.79. The van der Waals surface area contributed by atoms with Gasteiger partial charge in [0.15, 0.2) is 5.82 Å². The van der Waals surface area contributed by atoms with E-state index < -0.39 is 10.7 Å². The van der Waals surface area contributed by atoms with Gasteiger partial charge in [-0.05, 0) is 33.7 Å². The first kappa shape index (κ1) is 16.0. The summed E-state index contributed by atoms with van der Waals surface area (Å²) in [5.74, 6) is -0.458. The van der Waals surface area contributed by atoms with Crippen LogP contribution in [0.15, 0.2) is 0 Å². The van der Waals surface area contributed by atoms with Crippen molar-refractivity contribution >= 4 is 17.1 Å². The molecule has 2 fully saturated rings. The van der Waals surface area contributed by atoms with Gasteiger partial charge in [0.25, 0.3) is 5.69 Å². The molecule has 0 amide bonds. The van der Waals surface area contributed by atoms with E-state index in [1.807, 2.05) is 11.9 Å². The van der Waals surface area contributed by atoms with Crippen molar-refractivity contribution in [2.75, 3.05) is 43.4 Å². The van der Waals surface area contributed by atoms with Gasteiger partial charge in [0.05, 0.1) is 16.2 Å². The number of nitro groups is 1.